The van der Waals surface area contributed by atoms with Crippen LogP contribution in [0.4, 0.5) is 0 Å². The zero-order valence-corrected chi connectivity index (χ0v) is 18.7. The zero-order valence-electron chi connectivity index (χ0n) is 16.3. The van der Waals surface area contributed by atoms with E-state index in [9.17, 15) is 9.90 Å². The first-order chi connectivity index (χ1) is 12.0. The molecule has 2 aliphatic rings. The molecule has 7 nitrogen and oxygen atoms in total. The number of aliphatic hydroxyl groups is 1. The van der Waals surface area contributed by atoms with E-state index in [4.69, 9.17) is 4.74 Å². The molecule has 0 aromatic heterocycles. The highest BCUT2D eigenvalue weighted by atomic mass is 127. The average Bonchev–Trinajstić information content (AvgIpc) is 3.25. The lowest BCUT2D eigenvalue weighted by Crippen LogP contribution is -2.50. The number of hydrogen-bond acceptors (Lipinski definition) is 4. The molecule has 0 bridgehead atoms. The van der Waals surface area contributed by atoms with Crippen LogP contribution in [0.3, 0.4) is 0 Å². The first-order valence-corrected chi connectivity index (χ1v) is 9.32. The van der Waals surface area contributed by atoms with E-state index in [1.807, 2.05) is 14.1 Å². The van der Waals surface area contributed by atoms with Gasteiger partial charge in [0, 0.05) is 52.9 Å². The molecule has 1 atom stereocenters. The number of nitrogens with zero attached hydrogens (tertiary/aromatic N) is 2. The molecule has 1 aliphatic carbocycles. The number of guanidine groups is 1. The molecule has 1 saturated carbocycles. The smallest absolute Gasteiger partial charge is 0.230 e. The molecule has 26 heavy (non-hydrogen) atoms. The predicted molar refractivity (Wildman–Crippen MR) is 114 cm³/mol. The lowest BCUT2D eigenvalue weighted by Gasteiger charge is -2.32. The minimum absolute atomic E-state index is 0. The largest absolute Gasteiger partial charge is 0.396 e. The lowest BCUT2D eigenvalue weighted by atomic mass is 9.84. The van der Waals surface area contributed by atoms with Gasteiger partial charge >= 0.3 is 0 Å². The summed E-state index contributed by atoms with van der Waals surface area (Å²) in [4.78, 5) is 18.7. The quantitative estimate of drug-likeness (QED) is 0.289. The number of aliphatic imine (C=N–C) groups is 1. The van der Waals surface area contributed by atoms with E-state index in [1.165, 1.54) is 0 Å². The Kier molecular flexibility index (Phi) is 9.60. The van der Waals surface area contributed by atoms with Crippen LogP contribution in [0.25, 0.3) is 0 Å². The van der Waals surface area contributed by atoms with Gasteiger partial charge in [0.1, 0.15) is 0 Å². The number of aliphatic hydroxyl groups excluding tert-OH is 1. The second-order valence-corrected chi connectivity index (χ2v) is 7.74. The summed E-state index contributed by atoms with van der Waals surface area (Å²) in [5.74, 6) is 0.913. The van der Waals surface area contributed by atoms with Gasteiger partial charge in [0.25, 0.3) is 0 Å². The van der Waals surface area contributed by atoms with E-state index >= 15 is 0 Å². The monoisotopic (exact) mass is 482 g/mol. The van der Waals surface area contributed by atoms with Crippen molar-refractivity contribution in [3.63, 3.8) is 0 Å². The number of nitrogens with one attached hydrogen (secondary N) is 2. The summed E-state index contributed by atoms with van der Waals surface area (Å²) in [7, 11) is 5.40. The molecule has 2 rings (SSSR count). The van der Waals surface area contributed by atoms with Gasteiger partial charge in [0.15, 0.2) is 5.96 Å². The SMILES string of the molecule is CN=C(NCC1(CCO)CCOC1)NCC1(C(=O)N(C)C)CCCC1.I. The fourth-order valence-corrected chi connectivity index (χ4v) is 4.05. The number of carbonyl (C=O) groups is 1. The highest BCUT2D eigenvalue weighted by Crippen LogP contribution is 2.39. The van der Waals surface area contributed by atoms with E-state index in [0.717, 1.165) is 45.1 Å². The van der Waals surface area contributed by atoms with E-state index in [0.29, 0.717) is 25.7 Å². The van der Waals surface area contributed by atoms with Crippen LogP contribution in [-0.4, -0.2) is 75.9 Å². The second-order valence-electron chi connectivity index (χ2n) is 7.74. The maximum Gasteiger partial charge on any atom is 0.230 e. The first kappa shape index (κ1) is 23.4. The first-order valence-electron chi connectivity index (χ1n) is 9.32. The third kappa shape index (κ3) is 5.69. The summed E-state index contributed by atoms with van der Waals surface area (Å²) in [5.41, 5.74) is -0.350. The van der Waals surface area contributed by atoms with E-state index in [2.05, 4.69) is 15.6 Å². The van der Waals surface area contributed by atoms with Gasteiger partial charge in [-0.25, -0.2) is 0 Å². The molecule has 152 valence electrons. The fourth-order valence-electron chi connectivity index (χ4n) is 4.05. The standard InChI is InChI=1S/C18H34N4O3.HI/c1-19-16(20-12-17(8-10-23)9-11-25-14-17)21-13-18(6-4-5-7-18)15(24)22(2)3;/h23H,4-14H2,1-3H3,(H2,19,20,21);1H. The van der Waals surface area contributed by atoms with Crippen molar-refractivity contribution in [2.24, 2.45) is 15.8 Å². The van der Waals surface area contributed by atoms with Crippen molar-refractivity contribution in [3.05, 3.63) is 0 Å². The highest BCUT2D eigenvalue weighted by Gasteiger charge is 2.42. The molecule has 1 saturated heterocycles. The number of ether oxygens (including phenoxy) is 1. The average molecular weight is 482 g/mol. The Morgan fingerprint density at radius 2 is 1.85 bits per heavy atom. The summed E-state index contributed by atoms with van der Waals surface area (Å²) in [6.45, 7) is 2.89. The van der Waals surface area contributed by atoms with Gasteiger partial charge in [0.2, 0.25) is 5.91 Å². The Morgan fingerprint density at radius 1 is 1.19 bits per heavy atom. The lowest BCUT2D eigenvalue weighted by molar-refractivity contribution is -0.138. The fraction of sp³-hybridized carbons (Fsp3) is 0.889. The topological polar surface area (TPSA) is 86.2 Å². The number of hydrogen-bond donors (Lipinski definition) is 3. The second kappa shape index (κ2) is 10.7. The van der Waals surface area contributed by atoms with Crippen LogP contribution in [0.15, 0.2) is 4.99 Å². The molecule has 8 heteroatoms. The van der Waals surface area contributed by atoms with Crippen LogP contribution in [-0.2, 0) is 9.53 Å². The van der Waals surface area contributed by atoms with Gasteiger partial charge in [0.05, 0.1) is 12.0 Å². The van der Waals surface area contributed by atoms with E-state index in [1.54, 1.807) is 11.9 Å². The Bertz CT molecular complexity index is 473. The summed E-state index contributed by atoms with van der Waals surface area (Å²) in [6.07, 6.45) is 5.72. The molecule has 3 N–H and O–H groups in total. The normalized spacial score (nSPS) is 24.8. The maximum absolute atomic E-state index is 12.7. The van der Waals surface area contributed by atoms with Crippen LogP contribution >= 0.6 is 24.0 Å². The Labute approximate surface area is 174 Å². The van der Waals surface area contributed by atoms with Crippen LogP contribution < -0.4 is 10.6 Å². The van der Waals surface area contributed by atoms with Crippen molar-refractivity contribution in [3.8, 4) is 0 Å². The van der Waals surface area contributed by atoms with Crippen molar-refractivity contribution in [2.75, 3.05) is 54.1 Å². The van der Waals surface area contributed by atoms with Crippen molar-refractivity contribution >= 4 is 35.8 Å². The van der Waals surface area contributed by atoms with Crippen LogP contribution in [0.5, 0.6) is 0 Å². The van der Waals surface area contributed by atoms with Gasteiger partial charge in [-0.15, -0.1) is 24.0 Å². The van der Waals surface area contributed by atoms with Gasteiger partial charge < -0.3 is 25.4 Å². The molecule has 0 aromatic rings. The van der Waals surface area contributed by atoms with Crippen LogP contribution in [0, 0.1) is 10.8 Å². The summed E-state index contributed by atoms with van der Waals surface area (Å²) < 4.78 is 5.53. The highest BCUT2D eigenvalue weighted by molar-refractivity contribution is 14.0. The minimum Gasteiger partial charge on any atom is -0.396 e. The molecule has 1 unspecified atom stereocenters. The Hall–Kier alpha value is -0.610. The third-order valence-corrected chi connectivity index (χ3v) is 5.70. The van der Waals surface area contributed by atoms with Gasteiger partial charge in [-0.2, -0.15) is 0 Å². The summed E-state index contributed by atoms with van der Waals surface area (Å²) in [6, 6.07) is 0. The molecule has 0 aromatic carbocycles. The van der Waals surface area contributed by atoms with Crippen molar-refractivity contribution < 1.29 is 14.6 Å². The molecular weight excluding hydrogens is 447 g/mol. The van der Waals surface area contributed by atoms with Gasteiger partial charge in [-0.1, -0.05) is 12.8 Å². The molecule has 1 aliphatic heterocycles. The number of halogens is 1. The van der Waals surface area contributed by atoms with Crippen molar-refractivity contribution in [2.45, 2.75) is 38.5 Å². The Morgan fingerprint density at radius 3 is 2.35 bits per heavy atom. The van der Waals surface area contributed by atoms with Gasteiger partial charge in [-0.3, -0.25) is 9.79 Å². The van der Waals surface area contributed by atoms with Crippen LogP contribution in [0.2, 0.25) is 0 Å². The minimum atomic E-state index is -0.319. The van der Waals surface area contributed by atoms with Gasteiger partial charge in [-0.05, 0) is 25.7 Å². The number of carbonyl (C=O) groups excluding carboxylic acids is 1. The van der Waals surface area contributed by atoms with Crippen molar-refractivity contribution in [1.29, 1.82) is 0 Å². The molecule has 0 radical (unpaired) electrons. The van der Waals surface area contributed by atoms with E-state index in [-0.39, 0.29) is 47.3 Å². The summed E-state index contributed by atoms with van der Waals surface area (Å²) in [5, 5.41) is 16.1. The maximum atomic E-state index is 12.7. The molecule has 2 fully saturated rings. The summed E-state index contributed by atoms with van der Waals surface area (Å²) >= 11 is 0. The molecule has 1 heterocycles. The van der Waals surface area contributed by atoms with E-state index < -0.39 is 0 Å². The molecule has 0 spiro atoms. The predicted octanol–water partition coefficient (Wildman–Crippen LogP) is 1.21. The zero-order chi connectivity index (χ0) is 18.3. The Balaban J connectivity index is 0.00000338. The van der Waals surface area contributed by atoms with Crippen molar-refractivity contribution in [1.82, 2.24) is 15.5 Å². The molecular formula is C18H35IN4O3. The molecule has 1 amide bonds. The number of rotatable bonds is 7. The van der Waals surface area contributed by atoms with Crippen LogP contribution in [0.1, 0.15) is 38.5 Å². The number of amides is 1. The third-order valence-electron chi connectivity index (χ3n) is 5.70.